The molecular formula is C17H17ClN2O3S. The number of carbonyl (C=O) groups excluding carboxylic acids is 2. The van der Waals surface area contributed by atoms with E-state index in [2.05, 4.69) is 4.99 Å². The van der Waals surface area contributed by atoms with Crippen LogP contribution in [0.5, 0.6) is 0 Å². The first-order valence-corrected chi connectivity index (χ1v) is 8.95. The Morgan fingerprint density at radius 1 is 1.38 bits per heavy atom. The summed E-state index contributed by atoms with van der Waals surface area (Å²) in [5.74, 6) is -0.195. The Bertz CT molecular complexity index is 756. The lowest BCUT2D eigenvalue weighted by atomic mass is 9.94. The van der Waals surface area contributed by atoms with Crippen molar-refractivity contribution in [1.29, 1.82) is 0 Å². The van der Waals surface area contributed by atoms with E-state index >= 15 is 0 Å². The number of rotatable bonds is 3. The van der Waals surface area contributed by atoms with Crippen LogP contribution in [0.1, 0.15) is 32.4 Å². The van der Waals surface area contributed by atoms with Gasteiger partial charge < -0.3 is 4.74 Å². The third-order valence-corrected chi connectivity index (χ3v) is 4.92. The SMILES string of the molecule is CC1=C(C(=O)OC(C)C)[C@@H](c2ccc(Cl)cc2)N2C(=O)CSC2=N1. The first-order valence-electron chi connectivity index (χ1n) is 7.59. The van der Waals surface area contributed by atoms with Crippen LogP contribution in [0.3, 0.4) is 0 Å². The third-order valence-electron chi connectivity index (χ3n) is 3.73. The largest absolute Gasteiger partial charge is 0.459 e. The highest BCUT2D eigenvalue weighted by molar-refractivity contribution is 8.15. The van der Waals surface area contributed by atoms with Gasteiger partial charge in [-0.15, -0.1) is 0 Å². The first-order chi connectivity index (χ1) is 11.4. The van der Waals surface area contributed by atoms with Crippen molar-refractivity contribution in [3.05, 3.63) is 46.1 Å². The second-order valence-corrected chi connectivity index (χ2v) is 7.23. The third kappa shape index (κ3) is 3.08. The van der Waals surface area contributed by atoms with Crippen molar-refractivity contribution in [2.45, 2.75) is 32.9 Å². The monoisotopic (exact) mass is 364 g/mol. The zero-order chi connectivity index (χ0) is 17.4. The maximum absolute atomic E-state index is 12.6. The van der Waals surface area contributed by atoms with E-state index in [9.17, 15) is 9.59 Å². The molecule has 0 N–H and O–H groups in total. The number of hydrogen-bond donors (Lipinski definition) is 0. The molecule has 0 radical (unpaired) electrons. The van der Waals surface area contributed by atoms with Crippen molar-refractivity contribution in [3.8, 4) is 0 Å². The molecule has 2 heterocycles. The minimum atomic E-state index is -0.538. The molecule has 0 aromatic heterocycles. The summed E-state index contributed by atoms with van der Waals surface area (Å²) in [5.41, 5.74) is 1.78. The molecule has 2 aliphatic heterocycles. The molecule has 1 aromatic carbocycles. The van der Waals surface area contributed by atoms with Crippen LogP contribution in [0, 0.1) is 0 Å². The predicted octanol–water partition coefficient (Wildman–Crippen LogP) is 3.55. The Kier molecular flexibility index (Phi) is 4.69. The van der Waals surface area contributed by atoms with Crippen LogP contribution in [-0.2, 0) is 14.3 Å². The Balaban J connectivity index is 2.11. The quantitative estimate of drug-likeness (QED) is 0.769. The lowest BCUT2D eigenvalue weighted by Crippen LogP contribution is -2.40. The van der Waals surface area contributed by atoms with E-state index in [4.69, 9.17) is 16.3 Å². The van der Waals surface area contributed by atoms with Crippen molar-refractivity contribution < 1.29 is 14.3 Å². The molecule has 7 heteroatoms. The fourth-order valence-electron chi connectivity index (χ4n) is 2.74. The molecule has 1 fully saturated rings. The van der Waals surface area contributed by atoms with Crippen LogP contribution in [0.25, 0.3) is 0 Å². The number of fused-ring (bicyclic) bond motifs is 1. The van der Waals surface area contributed by atoms with Crippen molar-refractivity contribution in [2.24, 2.45) is 4.99 Å². The van der Waals surface area contributed by atoms with E-state index in [1.54, 1.807) is 37.8 Å². The van der Waals surface area contributed by atoms with Gasteiger partial charge in [-0.25, -0.2) is 9.79 Å². The van der Waals surface area contributed by atoms with Gasteiger partial charge in [0.1, 0.15) is 0 Å². The number of halogens is 1. The highest BCUT2D eigenvalue weighted by Crippen LogP contribution is 2.41. The van der Waals surface area contributed by atoms with Gasteiger partial charge in [0.15, 0.2) is 5.17 Å². The molecule has 0 saturated carbocycles. The molecule has 126 valence electrons. The number of allylic oxidation sites excluding steroid dienone is 1. The van der Waals surface area contributed by atoms with Gasteiger partial charge in [-0.1, -0.05) is 35.5 Å². The van der Waals surface area contributed by atoms with Crippen LogP contribution < -0.4 is 0 Å². The maximum Gasteiger partial charge on any atom is 0.338 e. The molecule has 1 saturated heterocycles. The number of carbonyl (C=O) groups is 2. The van der Waals surface area contributed by atoms with E-state index in [1.807, 2.05) is 12.1 Å². The van der Waals surface area contributed by atoms with E-state index < -0.39 is 12.0 Å². The molecule has 0 aliphatic carbocycles. The summed E-state index contributed by atoms with van der Waals surface area (Å²) in [6.45, 7) is 5.35. The average molecular weight is 365 g/mol. The topological polar surface area (TPSA) is 59.0 Å². The standard InChI is InChI=1S/C17H17ClN2O3S/c1-9(2)23-16(22)14-10(3)19-17-20(13(21)8-24-17)15(14)11-4-6-12(18)7-5-11/h4-7,9,15H,8H2,1-3H3/t15-/m1/s1. The van der Waals surface area contributed by atoms with Crippen molar-refractivity contribution in [2.75, 3.05) is 5.75 Å². The highest BCUT2D eigenvalue weighted by atomic mass is 35.5. The van der Waals surface area contributed by atoms with Gasteiger partial charge in [0.25, 0.3) is 0 Å². The molecule has 0 spiro atoms. The summed E-state index contributed by atoms with van der Waals surface area (Å²) in [5, 5.41) is 1.22. The Labute approximate surface area is 149 Å². The molecular weight excluding hydrogens is 348 g/mol. The summed E-state index contributed by atoms with van der Waals surface area (Å²) in [4.78, 5) is 31.0. The summed E-state index contributed by atoms with van der Waals surface area (Å²) < 4.78 is 5.38. The molecule has 5 nitrogen and oxygen atoms in total. The number of benzene rings is 1. The van der Waals surface area contributed by atoms with E-state index in [-0.39, 0.29) is 12.0 Å². The van der Waals surface area contributed by atoms with Crippen LogP contribution in [0.4, 0.5) is 0 Å². The molecule has 24 heavy (non-hydrogen) atoms. The summed E-state index contributed by atoms with van der Waals surface area (Å²) >= 11 is 7.36. The molecule has 0 unspecified atom stereocenters. The van der Waals surface area contributed by atoms with E-state index in [1.165, 1.54) is 11.8 Å². The average Bonchev–Trinajstić information content (AvgIpc) is 2.87. The van der Waals surface area contributed by atoms with Crippen LogP contribution in [0.2, 0.25) is 5.02 Å². The molecule has 1 amide bonds. The Morgan fingerprint density at radius 3 is 2.67 bits per heavy atom. The van der Waals surface area contributed by atoms with Crippen LogP contribution in [-0.4, -0.2) is 33.8 Å². The van der Waals surface area contributed by atoms with Crippen molar-refractivity contribution >= 4 is 40.4 Å². The van der Waals surface area contributed by atoms with E-state index in [0.717, 1.165) is 5.56 Å². The number of amidine groups is 1. The normalized spacial score (nSPS) is 20.4. The van der Waals surface area contributed by atoms with Gasteiger partial charge in [0, 0.05) is 5.02 Å². The minimum Gasteiger partial charge on any atom is -0.459 e. The van der Waals surface area contributed by atoms with Gasteiger partial charge >= 0.3 is 5.97 Å². The number of esters is 1. The molecule has 3 rings (SSSR count). The predicted molar refractivity (Wildman–Crippen MR) is 94.9 cm³/mol. The Morgan fingerprint density at radius 2 is 2.04 bits per heavy atom. The zero-order valence-corrected chi connectivity index (χ0v) is 15.1. The summed E-state index contributed by atoms with van der Waals surface area (Å²) in [6, 6.07) is 6.60. The van der Waals surface area contributed by atoms with Gasteiger partial charge in [-0.2, -0.15) is 0 Å². The number of aliphatic imine (C=N–C) groups is 1. The lowest BCUT2D eigenvalue weighted by Gasteiger charge is -2.33. The van der Waals surface area contributed by atoms with Gasteiger partial charge in [0.05, 0.1) is 29.2 Å². The van der Waals surface area contributed by atoms with E-state index in [0.29, 0.717) is 27.2 Å². The molecule has 0 bridgehead atoms. The fraction of sp³-hybridized carbons (Fsp3) is 0.353. The number of hydrogen-bond acceptors (Lipinski definition) is 5. The van der Waals surface area contributed by atoms with Crippen molar-refractivity contribution in [1.82, 2.24) is 4.90 Å². The Hall–Kier alpha value is -1.79. The van der Waals surface area contributed by atoms with Gasteiger partial charge in [0.2, 0.25) is 5.91 Å². The summed E-state index contributed by atoms with van der Waals surface area (Å²) in [6.07, 6.45) is -0.252. The van der Waals surface area contributed by atoms with Crippen molar-refractivity contribution in [3.63, 3.8) is 0 Å². The smallest absolute Gasteiger partial charge is 0.338 e. The molecule has 2 aliphatic rings. The molecule has 1 atom stereocenters. The maximum atomic E-state index is 12.6. The number of amides is 1. The number of thioether (sulfide) groups is 1. The second kappa shape index (κ2) is 6.61. The van der Waals surface area contributed by atoms with Crippen LogP contribution in [0.15, 0.2) is 40.5 Å². The van der Waals surface area contributed by atoms with Gasteiger partial charge in [-0.3, -0.25) is 9.69 Å². The number of ether oxygens (including phenoxy) is 1. The minimum absolute atomic E-state index is 0.0685. The van der Waals surface area contributed by atoms with Gasteiger partial charge in [-0.05, 0) is 38.5 Å². The fourth-order valence-corrected chi connectivity index (χ4v) is 3.81. The highest BCUT2D eigenvalue weighted by Gasteiger charge is 2.43. The van der Waals surface area contributed by atoms with Crippen LogP contribution >= 0.6 is 23.4 Å². The first kappa shape index (κ1) is 17.0. The molecule has 1 aromatic rings. The summed E-state index contributed by atoms with van der Waals surface area (Å²) in [7, 11) is 0. The lowest BCUT2D eigenvalue weighted by molar-refractivity contribution is -0.143. The number of nitrogens with zero attached hydrogens (tertiary/aromatic N) is 2. The second-order valence-electron chi connectivity index (χ2n) is 5.85. The zero-order valence-electron chi connectivity index (χ0n) is 13.6.